The third-order valence-electron chi connectivity index (χ3n) is 2.07. The highest BCUT2D eigenvalue weighted by molar-refractivity contribution is 6.31. The molecule has 0 aliphatic rings. The first-order valence-corrected chi connectivity index (χ1v) is 4.71. The van der Waals surface area contributed by atoms with Crippen molar-refractivity contribution in [2.24, 2.45) is 0 Å². The van der Waals surface area contributed by atoms with Crippen LogP contribution in [0.4, 0.5) is 0 Å². The molecule has 3 heteroatoms. The van der Waals surface area contributed by atoms with Gasteiger partial charge in [-0.05, 0) is 24.6 Å². The first-order chi connectivity index (χ1) is 6.68. The molecule has 0 radical (unpaired) electrons. The normalized spacial score (nSPS) is 10.7. The number of rotatable bonds is 2. The van der Waals surface area contributed by atoms with Crippen LogP contribution in [0, 0.1) is 0 Å². The number of Topliss-reactive ketones (excluding diaryl/α,β-unsaturated/α-hetero) is 1. The number of hydrogen-bond donors (Lipinski definition) is 0. The van der Waals surface area contributed by atoms with E-state index < -0.39 is 0 Å². The van der Waals surface area contributed by atoms with Gasteiger partial charge in [0.25, 0.3) is 0 Å². The maximum atomic E-state index is 11.0. The number of para-hydroxylation sites is 1. The third-order valence-corrected chi connectivity index (χ3v) is 2.38. The van der Waals surface area contributed by atoms with Crippen LogP contribution in [0.5, 0.6) is 0 Å². The van der Waals surface area contributed by atoms with Crippen molar-refractivity contribution in [3.8, 4) is 0 Å². The maximum Gasteiger partial charge on any atom is 0.198 e. The van der Waals surface area contributed by atoms with E-state index in [9.17, 15) is 4.79 Å². The first kappa shape index (κ1) is 9.28. The molecule has 0 saturated heterocycles. The molecule has 0 amide bonds. The number of ketones is 1. The van der Waals surface area contributed by atoms with Gasteiger partial charge in [0.1, 0.15) is 11.4 Å². The fraction of sp³-hybridized carbons (Fsp3) is 0.182. The summed E-state index contributed by atoms with van der Waals surface area (Å²) in [6.45, 7) is 1.54. The van der Waals surface area contributed by atoms with Crippen LogP contribution in [0.15, 0.2) is 28.7 Å². The highest BCUT2D eigenvalue weighted by atomic mass is 35.5. The summed E-state index contributed by atoms with van der Waals surface area (Å²) in [4.78, 5) is 11.0. The van der Waals surface area contributed by atoms with Crippen LogP contribution in [0.25, 0.3) is 11.0 Å². The molecule has 0 fully saturated rings. The standard InChI is InChI=1S/C11H9ClO2/c1-7(13)6-9-8-4-2-3-5-10(8)14-11(9)12/h2-5H,6H2,1H3. The molecule has 1 aromatic carbocycles. The number of furan rings is 1. The van der Waals surface area contributed by atoms with Crippen molar-refractivity contribution in [1.29, 1.82) is 0 Å². The molecular formula is C11H9ClO2. The summed E-state index contributed by atoms with van der Waals surface area (Å²) in [6, 6.07) is 7.52. The summed E-state index contributed by atoms with van der Waals surface area (Å²) in [5.74, 6) is 0.0819. The summed E-state index contributed by atoms with van der Waals surface area (Å²) in [6.07, 6.45) is 0.329. The molecule has 1 aromatic heterocycles. The Labute approximate surface area is 86.5 Å². The SMILES string of the molecule is CC(=O)Cc1c(Cl)oc2ccccc12. The number of carbonyl (C=O) groups excluding carboxylic acids is 1. The number of fused-ring (bicyclic) bond motifs is 1. The highest BCUT2D eigenvalue weighted by Gasteiger charge is 2.12. The lowest BCUT2D eigenvalue weighted by molar-refractivity contribution is -0.116. The van der Waals surface area contributed by atoms with E-state index in [1.54, 1.807) is 0 Å². The number of halogens is 1. The van der Waals surface area contributed by atoms with Gasteiger partial charge < -0.3 is 4.42 Å². The van der Waals surface area contributed by atoms with Gasteiger partial charge in [-0.1, -0.05) is 18.2 Å². The van der Waals surface area contributed by atoms with Crippen LogP contribution >= 0.6 is 11.6 Å². The van der Waals surface area contributed by atoms with Crippen LogP contribution in [-0.2, 0) is 11.2 Å². The van der Waals surface area contributed by atoms with Gasteiger partial charge >= 0.3 is 0 Å². The zero-order chi connectivity index (χ0) is 10.1. The van der Waals surface area contributed by atoms with Gasteiger partial charge in [-0.2, -0.15) is 0 Å². The lowest BCUT2D eigenvalue weighted by atomic mass is 10.1. The molecule has 1 heterocycles. The van der Waals surface area contributed by atoms with Gasteiger partial charge in [0.2, 0.25) is 0 Å². The molecular weight excluding hydrogens is 200 g/mol. The molecule has 2 aromatic rings. The summed E-state index contributed by atoms with van der Waals surface area (Å²) >= 11 is 5.89. The second kappa shape index (κ2) is 3.46. The van der Waals surface area contributed by atoms with Gasteiger partial charge in [-0.3, -0.25) is 4.79 Å². The summed E-state index contributed by atoms with van der Waals surface area (Å²) in [7, 11) is 0. The lowest BCUT2D eigenvalue weighted by Gasteiger charge is -1.93. The van der Waals surface area contributed by atoms with Gasteiger partial charge in [-0.25, -0.2) is 0 Å². The van der Waals surface area contributed by atoms with Crippen LogP contribution < -0.4 is 0 Å². The van der Waals surface area contributed by atoms with Gasteiger partial charge in [0.15, 0.2) is 5.22 Å². The molecule has 72 valence electrons. The van der Waals surface area contributed by atoms with E-state index in [2.05, 4.69) is 0 Å². The van der Waals surface area contributed by atoms with Crippen molar-refractivity contribution in [1.82, 2.24) is 0 Å². The van der Waals surface area contributed by atoms with E-state index in [1.807, 2.05) is 24.3 Å². The predicted octanol–water partition coefficient (Wildman–Crippen LogP) is 3.22. The fourth-order valence-corrected chi connectivity index (χ4v) is 1.73. The molecule has 0 saturated carbocycles. The average Bonchev–Trinajstić information content (AvgIpc) is 2.43. The minimum absolute atomic E-state index is 0.0819. The first-order valence-electron chi connectivity index (χ1n) is 4.34. The lowest BCUT2D eigenvalue weighted by Crippen LogP contribution is -1.95. The van der Waals surface area contributed by atoms with E-state index in [-0.39, 0.29) is 5.78 Å². The Balaban J connectivity index is 2.62. The zero-order valence-electron chi connectivity index (χ0n) is 7.71. The van der Waals surface area contributed by atoms with E-state index in [0.717, 1.165) is 16.5 Å². The number of hydrogen-bond acceptors (Lipinski definition) is 2. The Bertz CT molecular complexity index is 485. The monoisotopic (exact) mass is 208 g/mol. The predicted molar refractivity (Wildman–Crippen MR) is 55.6 cm³/mol. The molecule has 2 rings (SSSR count). The van der Waals surface area contributed by atoms with Crippen LogP contribution in [0.1, 0.15) is 12.5 Å². The molecule has 0 unspecified atom stereocenters. The quantitative estimate of drug-likeness (QED) is 0.759. The maximum absolute atomic E-state index is 11.0. The highest BCUT2D eigenvalue weighted by Crippen LogP contribution is 2.29. The number of carbonyl (C=O) groups is 1. The topological polar surface area (TPSA) is 30.2 Å². The van der Waals surface area contributed by atoms with Crippen LogP contribution in [0.3, 0.4) is 0 Å². The molecule has 14 heavy (non-hydrogen) atoms. The largest absolute Gasteiger partial charge is 0.444 e. The third kappa shape index (κ3) is 1.53. The van der Waals surface area contributed by atoms with E-state index >= 15 is 0 Å². The summed E-state index contributed by atoms with van der Waals surface area (Å²) in [5.41, 5.74) is 1.52. The average molecular weight is 209 g/mol. The fourth-order valence-electron chi connectivity index (χ4n) is 1.48. The number of benzene rings is 1. The molecule has 0 spiro atoms. The van der Waals surface area contributed by atoms with Crippen LogP contribution in [0.2, 0.25) is 5.22 Å². The Kier molecular flexibility index (Phi) is 2.30. The van der Waals surface area contributed by atoms with Crippen molar-refractivity contribution in [3.05, 3.63) is 35.0 Å². The Morgan fingerprint density at radius 2 is 2.14 bits per heavy atom. The van der Waals surface area contributed by atoms with Crippen molar-refractivity contribution < 1.29 is 9.21 Å². The molecule has 0 N–H and O–H groups in total. The smallest absolute Gasteiger partial charge is 0.198 e. The Hall–Kier alpha value is -1.28. The minimum Gasteiger partial charge on any atom is -0.444 e. The molecule has 0 aliphatic carbocycles. The van der Waals surface area contributed by atoms with E-state index in [4.69, 9.17) is 16.0 Å². The Morgan fingerprint density at radius 1 is 1.43 bits per heavy atom. The van der Waals surface area contributed by atoms with Crippen molar-refractivity contribution in [2.45, 2.75) is 13.3 Å². The van der Waals surface area contributed by atoms with Gasteiger partial charge in [-0.15, -0.1) is 0 Å². The van der Waals surface area contributed by atoms with Crippen LogP contribution in [-0.4, -0.2) is 5.78 Å². The minimum atomic E-state index is 0.0819. The molecule has 0 atom stereocenters. The second-order valence-corrected chi connectivity index (χ2v) is 3.57. The van der Waals surface area contributed by atoms with Crippen molar-refractivity contribution in [2.75, 3.05) is 0 Å². The molecule has 0 aliphatic heterocycles. The Morgan fingerprint density at radius 3 is 2.86 bits per heavy atom. The van der Waals surface area contributed by atoms with E-state index in [0.29, 0.717) is 11.6 Å². The summed E-state index contributed by atoms with van der Waals surface area (Å²) in [5, 5.41) is 1.24. The van der Waals surface area contributed by atoms with E-state index in [1.165, 1.54) is 6.92 Å². The van der Waals surface area contributed by atoms with Gasteiger partial charge in [0.05, 0.1) is 0 Å². The van der Waals surface area contributed by atoms with Crippen molar-refractivity contribution in [3.63, 3.8) is 0 Å². The van der Waals surface area contributed by atoms with Crippen molar-refractivity contribution >= 4 is 28.4 Å². The molecule has 0 bridgehead atoms. The zero-order valence-corrected chi connectivity index (χ0v) is 8.47. The second-order valence-electron chi connectivity index (χ2n) is 3.23. The van der Waals surface area contributed by atoms with Gasteiger partial charge in [0, 0.05) is 17.4 Å². The molecule has 2 nitrogen and oxygen atoms in total. The summed E-state index contributed by atoms with van der Waals surface area (Å²) < 4.78 is 5.31.